The zero-order valence-corrected chi connectivity index (χ0v) is 21.2. The summed E-state index contributed by atoms with van der Waals surface area (Å²) in [6, 6.07) is 10.6. The predicted octanol–water partition coefficient (Wildman–Crippen LogP) is 6.20. The van der Waals surface area contributed by atoms with Crippen molar-refractivity contribution in [1.82, 2.24) is 9.88 Å². The van der Waals surface area contributed by atoms with Crippen molar-refractivity contribution >= 4 is 45.0 Å². The minimum atomic E-state index is 0. The van der Waals surface area contributed by atoms with Crippen LogP contribution in [0.1, 0.15) is 59.3 Å². The number of nitrogens with zero attached hydrogens (tertiary/aromatic N) is 3. The van der Waals surface area contributed by atoms with Crippen LogP contribution in [0.3, 0.4) is 0 Å². The van der Waals surface area contributed by atoms with Gasteiger partial charge in [-0.3, -0.25) is 9.69 Å². The van der Waals surface area contributed by atoms with Crippen LogP contribution in [0.5, 0.6) is 0 Å². The molecule has 1 heterocycles. The minimum Gasteiger partial charge on any atom is -0.302 e. The van der Waals surface area contributed by atoms with E-state index >= 15 is 0 Å². The van der Waals surface area contributed by atoms with Crippen LogP contribution in [0, 0.1) is 13.8 Å². The largest absolute Gasteiger partial charge is 0.302 e. The second-order valence-corrected chi connectivity index (χ2v) is 9.58. The number of carbonyl (C=O) groups excluding carboxylic acids is 1. The van der Waals surface area contributed by atoms with Gasteiger partial charge < -0.3 is 4.90 Å². The number of halogens is 1. The van der Waals surface area contributed by atoms with Crippen LogP contribution < -0.4 is 4.90 Å². The van der Waals surface area contributed by atoms with E-state index in [1.165, 1.54) is 35.1 Å². The van der Waals surface area contributed by atoms with Crippen LogP contribution >= 0.6 is 23.7 Å². The monoisotopic (exact) mass is 471 g/mol. The topological polar surface area (TPSA) is 36.4 Å². The van der Waals surface area contributed by atoms with E-state index < -0.39 is 0 Å². The number of rotatable bonds is 7. The molecule has 0 spiro atoms. The molecule has 0 atom stereocenters. The van der Waals surface area contributed by atoms with Gasteiger partial charge in [-0.15, -0.1) is 12.4 Å². The molecule has 0 unspecified atom stereocenters. The molecule has 0 fully saturated rings. The van der Waals surface area contributed by atoms with Gasteiger partial charge in [-0.25, -0.2) is 4.98 Å². The summed E-state index contributed by atoms with van der Waals surface area (Å²) in [6.07, 6.45) is 4.68. The molecule has 0 saturated heterocycles. The van der Waals surface area contributed by atoms with Crippen molar-refractivity contribution < 1.29 is 4.79 Å². The maximum Gasteiger partial charge on any atom is 0.260 e. The van der Waals surface area contributed by atoms with Crippen LogP contribution in [0.25, 0.3) is 10.2 Å². The predicted molar refractivity (Wildman–Crippen MR) is 139 cm³/mol. The molecule has 0 N–H and O–H groups in total. The number of amides is 1. The number of aromatic nitrogens is 1. The lowest BCUT2D eigenvalue weighted by atomic mass is 9.90. The summed E-state index contributed by atoms with van der Waals surface area (Å²) >= 11 is 1.62. The Balaban J connectivity index is 0.00000289. The highest BCUT2D eigenvalue weighted by Crippen LogP contribution is 2.32. The van der Waals surface area contributed by atoms with Crippen molar-refractivity contribution in [2.24, 2.45) is 0 Å². The first kappa shape index (κ1) is 24.7. The first-order valence-corrected chi connectivity index (χ1v) is 12.4. The van der Waals surface area contributed by atoms with Crippen molar-refractivity contribution in [3.05, 3.63) is 58.1 Å². The minimum absolute atomic E-state index is 0. The van der Waals surface area contributed by atoms with Crippen LogP contribution in [0.4, 0.5) is 5.13 Å². The zero-order chi connectivity index (χ0) is 22.0. The van der Waals surface area contributed by atoms with E-state index in [4.69, 9.17) is 4.98 Å². The standard InChI is InChI=1S/C26H33N3OS.ClH/c1-5-28(6-2)13-14-29(26-27-23-15-18(3)19(4)16-24(23)31-26)25(30)22-12-11-20-9-7-8-10-21(20)17-22;/h11-12,15-17H,5-10,13-14H2,1-4H3;1H. The van der Waals surface area contributed by atoms with Crippen LogP contribution in [-0.4, -0.2) is 42.0 Å². The summed E-state index contributed by atoms with van der Waals surface area (Å²) in [5.74, 6) is 0.0630. The van der Waals surface area contributed by atoms with Gasteiger partial charge >= 0.3 is 0 Å². The van der Waals surface area contributed by atoms with E-state index in [9.17, 15) is 4.79 Å². The quantitative estimate of drug-likeness (QED) is 0.411. The Labute approximate surface area is 202 Å². The molecule has 0 radical (unpaired) electrons. The molecular weight excluding hydrogens is 438 g/mol. The van der Waals surface area contributed by atoms with Crippen molar-refractivity contribution in [1.29, 1.82) is 0 Å². The maximum atomic E-state index is 13.7. The Morgan fingerprint density at radius 3 is 2.38 bits per heavy atom. The van der Waals surface area contributed by atoms with Crippen molar-refractivity contribution in [2.45, 2.75) is 53.4 Å². The van der Waals surface area contributed by atoms with E-state index in [1.54, 1.807) is 11.3 Å². The fraction of sp³-hybridized carbons (Fsp3) is 0.462. The second-order valence-electron chi connectivity index (χ2n) is 8.57. The SMILES string of the molecule is CCN(CC)CCN(C(=O)c1ccc2c(c1)CCCC2)c1nc2cc(C)c(C)cc2s1.Cl. The maximum absolute atomic E-state index is 13.7. The number of aryl methyl sites for hydroxylation is 4. The van der Waals surface area contributed by atoms with Crippen LogP contribution in [-0.2, 0) is 12.8 Å². The number of carbonyl (C=O) groups is 1. The lowest BCUT2D eigenvalue weighted by molar-refractivity contribution is 0.0983. The van der Waals surface area contributed by atoms with Gasteiger partial charge in [0.25, 0.3) is 5.91 Å². The molecule has 4 rings (SSSR count). The highest BCUT2D eigenvalue weighted by atomic mass is 35.5. The molecule has 0 saturated carbocycles. The van der Waals surface area contributed by atoms with Crippen molar-refractivity contribution in [2.75, 3.05) is 31.1 Å². The lowest BCUT2D eigenvalue weighted by Crippen LogP contribution is -2.39. The van der Waals surface area contributed by atoms with Gasteiger partial charge in [0.2, 0.25) is 0 Å². The Morgan fingerprint density at radius 2 is 1.66 bits per heavy atom. The van der Waals surface area contributed by atoms with Crippen molar-refractivity contribution in [3.8, 4) is 0 Å². The van der Waals surface area contributed by atoms with Gasteiger partial charge in [0, 0.05) is 18.7 Å². The van der Waals surface area contributed by atoms with Crippen molar-refractivity contribution in [3.63, 3.8) is 0 Å². The highest BCUT2D eigenvalue weighted by Gasteiger charge is 2.23. The Bertz CT molecular complexity index is 1050. The van der Waals surface area contributed by atoms with E-state index in [0.717, 1.165) is 53.4 Å². The van der Waals surface area contributed by atoms with Crippen LogP contribution in [0.2, 0.25) is 0 Å². The Hall–Kier alpha value is -1.95. The first-order valence-electron chi connectivity index (χ1n) is 11.5. The van der Waals surface area contributed by atoms with E-state index in [2.05, 4.69) is 56.9 Å². The molecule has 172 valence electrons. The van der Waals surface area contributed by atoms with Gasteiger partial charge in [0.15, 0.2) is 5.13 Å². The van der Waals surface area contributed by atoms with Gasteiger partial charge in [-0.2, -0.15) is 0 Å². The number of hydrogen-bond donors (Lipinski definition) is 0. The molecule has 1 aliphatic carbocycles. The molecule has 0 aliphatic heterocycles. The summed E-state index contributed by atoms with van der Waals surface area (Å²) in [5.41, 5.74) is 7.01. The third-order valence-corrected chi connectivity index (χ3v) is 7.64. The Morgan fingerprint density at radius 1 is 0.969 bits per heavy atom. The molecule has 1 amide bonds. The van der Waals surface area contributed by atoms with E-state index in [1.807, 2.05) is 11.0 Å². The molecular formula is C26H34ClN3OS. The summed E-state index contributed by atoms with van der Waals surface area (Å²) in [4.78, 5) is 22.8. The van der Waals surface area contributed by atoms with E-state index in [-0.39, 0.29) is 18.3 Å². The first-order chi connectivity index (χ1) is 15.0. The average Bonchev–Trinajstić information content (AvgIpc) is 3.18. The fourth-order valence-corrected chi connectivity index (χ4v) is 5.44. The lowest BCUT2D eigenvalue weighted by Gasteiger charge is -2.25. The summed E-state index contributed by atoms with van der Waals surface area (Å²) in [5, 5.41) is 0.801. The third kappa shape index (κ3) is 5.16. The highest BCUT2D eigenvalue weighted by molar-refractivity contribution is 7.22. The molecule has 2 aromatic carbocycles. The number of benzene rings is 2. The molecule has 1 aromatic heterocycles. The van der Waals surface area contributed by atoms with Gasteiger partial charge in [-0.05, 0) is 99.1 Å². The second kappa shape index (κ2) is 10.8. The molecule has 32 heavy (non-hydrogen) atoms. The number of fused-ring (bicyclic) bond motifs is 2. The molecule has 3 aromatic rings. The number of anilines is 1. The van der Waals surface area contributed by atoms with Gasteiger partial charge in [-0.1, -0.05) is 31.3 Å². The number of hydrogen-bond acceptors (Lipinski definition) is 4. The zero-order valence-electron chi connectivity index (χ0n) is 19.6. The van der Waals surface area contributed by atoms with Gasteiger partial charge in [0.1, 0.15) is 0 Å². The average molecular weight is 472 g/mol. The summed E-state index contributed by atoms with van der Waals surface area (Å²) in [6.45, 7) is 12.0. The molecule has 4 nitrogen and oxygen atoms in total. The smallest absolute Gasteiger partial charge is 0.260 e. The number of likely N-dealkylation sites (N-methyl/N-ethyl adjacent to an activating group) is 1. The molecule has 0 bridgehead atoms. The van der Waals surface area contributed by atoms with Gasteiger partial charge in [0.05, 0.1) is 10.2 Å². The summed E-state index contributed by atoms with van der Waals surface area (Å²) < 4.78 is 1.14. The van der Waals surface area contributed by atoms with Crippen LogP contribution in [0.15, 0.2) is 30.3 Å². The fourth-order valence-electron chi connectivity index (χ4n) is 4.37. The third-order valence-electron chi connectivity index (χ3n) is 6.60. The van der Waals surface area contributed by atoms with E-state index in [0.29, 0.717) is 6.54 Å². The Kier molecular flexibility index (Phi) is 8.32. The number of thiazole rings is 1. The molecule has 1 aliphatic rings. The normalized spacial score (nSPS) is 13.2. The summed E-state index contributed by atoms with van der Waals surface area (Å²) in [7, 11) is 0. The molecule has 6 heteroatoms.